The first-order valence-electron chi connectivity index (χ1n) is 10.4. The summed E-state index contributed by atoms with van der Waals surface area (Å²) in [5.74, 6) is 0. The predicted molar refractivity (Wildman–Crippen MR) is 136 cm³/mol. The summed E-state index contributed by atoms with van der Waals surface area (Å²) in [7, 11) is 0. The smallest absolute Gasteiger partial charge is 0.404 e. The van der Waals surface area contributed by atoms with Crippen molar-refractivity contribution in [2.75, 3.05) is 0 Å². The Balaban J connectivity index is 2.05. The minimum Gasteiger partial charge on any atom is -0.404 e. The molecule has 0 bridgehead atoms. The van der Waals surface area contributed by atoms with Crippen LogP contribution in [0, 0.1) is 16.7 Å². The predicted octanol–water partition coefficient (Wildman–Crippen LogP) is 4.89. The van der Waals surface area contributed by atoms with Gasteiger partial charge < -0.3 is 16.5 Å². The summed E-state index contributed by atoms with van der Waals surface area (Å²) in [6.07, 6.45) is 5.33. The fraction of sp³-hybridized carbons (Fsp3) is 0.130. The van der Waals surface area contributed by atoms with Crippen LogP contribution in [0.4, 0.5) is 18.9 Å². The average Bonchev–Trinajstić information content (AvgIpc) is 3.25. The van der Waals surface area contributed by atoms with E-state index in [9.17, 15) is 18.4 Å². The second-order valence-electron chi connectivity index (χ2n) is 6.95. The lowest BCUT2D eigenvalue weighted by Gasteiger charge is -2.19. The highest BCUT2D eigenvalue weighted by molar-refractivity contribution is 7.16. The van der Waals surface area contributed by atoms with Gasteiger partial charge in [0.15, 0.2) is 5.71 Å². The van der Waals surface area contributed by atoms with Crippen molar-refractivity contribution in [2.24, 2.45) is 20.9 Å². The van der Waals surface area contributed by atoms with Crippen LogP contribution in [0.25, 0.3) is 10.2 Å². The minimum absolute atomic E-state index is 0.0260. The SMILES string of the molecule is CC/C=C(/NC1=CC(C#N)=CN(/N=C\C=N)N=C1)C(=CN)C(=Nc1ccnc2sccc12)C(F)(F)F. The van der Waals surface area contributed by atoms with Crippen molar-refractivity contribution in [3.8, 4) is 6.07 Å². The number of nitrogens with one attached hydrogen (secondary N) is 2. The Morgan fingerprint density at radius 2 is 2.19 bits per heavy atom. The molecule has 4 N–H and O–H groups in total. The number of nitrogens with zero attached hydrogens (tertiary/aromatic N) is 6. The van der Waals surface area contributed by atoms with E-state index in [1.165, 1.54) is 48.2 Å². The highest BCUT2D eigenvalue weighted by atomic mass is 32.1. The zero-order valence-corrected chi connectivity index (χ0v) is 19.7. The molecule has 0 aliphatic carbocycles. The summed E-state index contributed by atoms with van der Waals surface area (Å²) < 4.78 is 42.8. The number of allylic oxidation sites excluding steroid dienone is 5. The summed E-state index contributed by atoms with van der Waals surface area (Å²) in [5.41, 5.74) is 4.59. The molecule has 3 heterocycles. The van der Waals surface area contributed by atoms with Crippen molar-refractivity contribution >= 4 is 51.6 Å². The molecule has 2 aromatic rings. The number of aromatic nitrogens is 1. The Morgan fingerprint density at radius 3 is 2.86 bits per heavy atom. The van der Waals surface area contributed by atoms with E-state index < -0.39 is 11.9 Å². The fourth-order valence-electron chi connectivity index (χ4n) is 3.06. The number of hydrazone groups is 2. The molecule has 0 amide bonds. The molecule has 3 rings (SSSR count). The van der Waals surface area contributed by atoms with Crippen molar-refractivity contribution in [3.63, 3.8) is 0 Å². The molecule has 0 saturated heterocycles. The van der Waals surface area contributed by atoms with Crippen LogP contribution in [0.15, 0.2) is 86.0 Å². The molecule has 1 aliphatic heterocycles. The number of nitrogens with two attached hydrogens (primary N) is 1. The van der Waals surface area contributed by atoms with Gasteiger partial charge in [-0.05, 0) is 30.0 Å². The summed E-state index contributed by atoms with van der Waals surface area (Å²) in [5, 5.41) is 30.5. The molecule has 36 heavy (non-hydrogen) atoms. The van der Waals surface area contributed by atoms with Crippen LogP contribution in [0.2, 0.25) is 0 Å². The quantitative estimate of drug-likeness (QED) is 0.342. The van der Waals surface area contributed by atoms with Crippen LogP contribution in [-0.4, -0.2) is 40.6 Å². The largest absolute Gasteiger partial charge is 0.434 e. The summed E-state index contributed by atoms with van der Waals surface area (Å²) >= 11 is 1.29. The van der Waals surface area contributed by atoms with Gasteiger partial charge in [0.25, 0.3) is 0 Å². The number of aliphatic imine (C=N–C) groups is 1. The third kappa shape index (κ3) is 6.30. The van der Waals surface area contributed by atoms with E-state index in [0.717, 1.165) is 23.7 Å². The van der Waals surface area contributed by atoms with E-state index >= 15 is 0 Å². The monoisotopic (exact) mass is 511 g/mol. The van der Waals surface area contributed by atoms with Crippen LogP contribution < -0.4 is 11.1 Å². The second kappa shape index (κ2) is 11.7. The van der Waals surface area contributed by atoms with Crippen molar-refractivity contribution < 1.29 is 13.2 Å². The Morgan fingerprint density at radius 1 is 1.39 bits per heavy atom. The molecule has 2 aromatic heterocycles. The van der Waals surface area contributed by atoms with E-state index in [2.05, 4.69) is 25.5 Å². The van der Waals surface area contributed by atoms with Gasteiger partial charge >= 0.3 is 6.18 Å². The van der Waals surface area contributed by atoms with Crippen LogP contribution in [0.1, 0.15) is 13.3 Å². The van der Waals surface area contributed by atoms with E-state index in [1.807, 2.05) is 6.07 Å². The van der Waals surface area contributed by atoms with Crippen LogP contribution >= 0.6 is 11.3 Å². The third-order valence-corrected chi connectivity index (χ3v) is 5.33. The van der Waals surface area contributed by atoms with Gasteiger partial charge in [0, 0.05) is 35.3 Å². The number of rotatable bonds is 8. The van der Waals surface area contributed by atoms with E-state index in [4.69, 9.17) is 11.1 Å². The lowest BCUT2D eigenvalue weighted by Crippen LogP contribution is -2.30. The molecule has 9 nitrogen and oxygen atoms in total. The minimum atomic E-state index is -4.84. The first-order valence-corrected chi connectivity index (χ1v) is 11.3. The lowest BCUT2D eigenvalue weighted by molar-refractivity contribution is -0.0581. The molecule has 0 atom stereocenters. The number of nitriles is 1. The van der Waals surface area contributed by atoms with E-state index in [1.54, 1.807) is 18.4 Å². The van der Waals surface area contributed by atoms with Gasteiger partial charge in [-0.3, -0.25) is 0 Å². The van der Waals surface area contributed by atoms with Crippen molar-refractivity contribution in [1.82, 2.24) is 15.4 Å². The standard InChI is InChI=1S/C23H20F3N9S/c1-2-3-19(33-16-10-15(11-28)14-35(32-13-16)31-8-6-27)18(12-29)21(23(24,25)26)34-20-4-7-30-22-17(20)5-9-36-22/h3-10,12-14,27,33H,2,29H2,1H3/b18-12?,19-3+,27-6?,31-8-,34-21?. The molecule has 0 spiro atoms. The Bertz CT molecular complexity index is 1390. The number of alkyl halides is 3. The Hall–Kier alpha value is -4.57. The normalized spacial score (nSPS) is 15.5. The number of hydrogen-bond donors (Lipinski definition) is 3. The molecule has 0 unspecified atom stereocenters. The van der Waals surface area contributed by atoms with Gasteiger partial charge in [-0.2, -0.15) is 33.8 Å². The maximum atomic E-state index is 14.3. The van der Waals surface area contributed by atoms with Gasteiger partial charge in [-0.25, -0.2) is 9.98 Å². The number of thiophene rings is 1. The maximum absolute atomic E-state index is 14.3. The number of hydrogen-bond acceptors (Lipinski definition) is 10. The van der Waals surface area contributed by atoms with E-state index in [-0.39, 0.29) is 28.2 Å². The number of fused-ring (bicyclic) bond motifs is 1. The van der Waals surface area contributed by atoms with Gasteiger partial charge in [-0.15, -0.1) is 11.3 Å². The first kappa shape index (κ1) is 26.0. The third-order valence-electron chi connectivity index (χ3n) is 4.51. The highest BCUT2D eigenvalue weighted by Gasteiger charge is 2.39. The Labute approximate surface area is 208 Å². The van der Waals surface area contributed by atoms with Crippen molar-refractivity contribution in [2.45, 2.75) is 19.5 Å². The van der Waals surface area contributed by atoms with Crippen LogP contribution in [0.3, 0.4) is 0 Å². The number of halogens is 3. The molecule has 0 saturated carbocycles. The van der Waals surface area contributed by atoms with Crippen molar-refractivity contribution in [1.29, 1.82) is 10.7 Å². The second-order valence-corrected chi connectivity index (χ2v) is 7.85. The molecular weight excluding hydrogens is 491 g/mol. The zero-order chi connectivity index (χ0) is 26.1. The van der Waals surface area contributed by atoms with E-state index in [0.29, 0.717) is 16.6 Å². The van der Waals surface area contributed by atoms with Gasteiger partial charge in [0.2, 0.25) is 0 Å². The molecule has 1 aliphatic rings. The van der Waals surface area contributed by atoms with Crippen LogP contribution in [0.5, 0.6) is 0 Å². The number of pyridine rings is 1. The summed E-state index contributed by atoms with van der Waals surface area (Å²) in [6.45, 7) is 1.75. The molecule has 0 aromatic carbocycles. The fourth-order valence-corrected chi connectivity index (χ4v) is 3.81. The molecule has 13 heteroatoms. The zero-order valence-electron chi connectivity index (χ0n) is 18.9. The van der Waals surface area contributed by atoms with Gasteiger partial charge in [-0.1, -0.05) is 13.0 Å². The summed E-state index contributed by atoms with van der Waals surface area (Å²) in [4.78, 5) is 8.67. The van der Waals surface area contributed by atoms with Gasteiger partial charge in [0.1, 0.15) is 10.9 Å². The highest BCUT2D eigenvalue weighted by Crippen LogP contribution is 2.33. The Kier molecular flexibility index (Phi) is 8.48. The maximum Gasteiger partial charge on any atom is 0.434 e. The van der Waals surface area contributed by atoms with Gasteiger partial charge in [0.05, 0.1) is 35.6 Å². The molecule has 184 valence electrons. The molecule has 0 fully saturated rings. The van der Waals surface area contributed by atoms with Crippen molar-refractivity contribution in [3.05, 3.63) is 70.8 Å². The lowest BCUT2D eigenvalue weighted by atomic mass is 10.1. The average molecular weight is 512 g/mol. The molecule has 0 radical (unpaired) electrons. The molecular formula is C23H20F3N9S. The van der Waals surface area contributed by atoms with Crippen LogP contribution in [-0.2, 0) is 0 Å². The summed E-state index contributed by atoms with van der Waals surface area (Å²) in [6, 6.07) is 5.00. The topological polar surface area (TPSA) is 139 Å². The first-order chi connectivity index (χ1) is 17.3.